The highest BCUT2D eigenvalue weighted by atomic mass is 127. The van der Waals surface area contributed by atoms with E-state index in [2.05, 4.69) is 29.5 Å². The van der Waals surface area contributed by atoms with Crippen molar-refractivity contribution in [2.75, 3.05) is 12.3 Å². The third kappa shape index (κ3) is 4.37. The number of ketones is 2. The minimum atomic E-state index is -1.40. The summed E-state index contributed by atoms with van der Waals surface area (Å²) >= 11 is 2.23. The van der Waals surface area contributed by atoms with Gasteiger partial charge in [0.15, 0.2) is 23.5 Å². The Morgan fingerprint density at radius 1 is 1.20 bits per heavy atom. The number of ether oxygens (including phenoxy) is 3. The van der Waals surface area contributed by atoms with Gasteiger partial charge in [0.05, 0.1) is 12.2 Å². The molecule has 3 saturated carbocycles. The first-order valence-corrected chi connectivity index (χ1v) is 16.4. The molecule has 232 valence electrons. The zero-order valence-corrected chi connectivity index (χ0v) is 27.0. The molecule has 2 aromatic carbocycles. The topological polar surface area (TPSA) is 128 Å². The molecular weight excluding hydrogens is 673 g/mol. The molecular formula is C35H38INO7. The zero-order chi connectivity index (χ0) is 31.0. The van der Waals surface area contributed by atoms with Gasteiger partial charge in [-0.1, -0.05) is 37.6 Å². The zero-order valence-electron chi connectivity index (χ0n) is 24.9. The molecule has 4 aliphatic carbocycles. The van der Waals surface area contributed by atoms with Crippen molar-refractivity contribution in [3.05, 3.63) is 81.0 Å². The number of carbonyl (C=O) groups excluding carboxylic acids is 2. The molecule has 2 unspecified atom stereocenters. The molecule has 5 aliphatic rings. The Morgan fingerprint density at radius 2 is 2.02 bits per heavy atom. The molecule has 4 fully saturated rings. The minimum Gasteiger partial charge on any atom is -0.489 e. The summed E-state index contributed by atoms with van der Waals surface area (Å²) in [6.45, 7) is 3.84. The molecule has 0 radical (unpaired) electrons. The molecule has 7 rings (SSSR count). The highest BCUT2D eigenvalue weighted by molar-refractivity contribution is 14.1. The number of aliphatic hydroxyl groups is 2. The molecule has 9 atom stereocenters. The highest BCUT2D eigenvalue weighted by Crippen LogP contribution is 2.70. The van der Waals surface area contributed by atoms with Crippen molar-refractivity contribution in [1.29, 1.82) is 0 Å². The number of hydrogen-bond acceptors (Lipinski definition) is 8. The van der Waals surface area contributed by atoms with Crippen LogP contribution in [0.3, 0.4) is 0 Å². The summed E-state index contributed by atoms with van der Waals surface area (Å²) in [5.74, 6) is 0.274. The number of benzene rings is 2. The number of rotatable bonds is 6. The van der Waals surface area contributed by atoms with Gasteiger partial charge in [0.1, 0.15) is 19.0 Å². The molecule has 1 aliphatic heterocycles. The van der Waals surface area contributed by atoms with E-state index in [1.807, 2.05) is 55.5 Å². The lowest BCUT2D eigenvalue weighted by Crippen LogP contribution is -2.63. The van der Waals surface area contributed by atoms with Crippen LogP contribution in [0.2, 0.25) is 0 Å². The summed E-state index contributed by atoms with van der Waals surface area (Å²) in [5.41, 5.74) is 6.78. The Hall–Kier alpha value is -2.57. The fourth-order valence-electron chi connectivity index (χ4n) is 9.47. The van der Waals surface area contributed by atoms with Crippen LogP contribution in [0.5, 0.6) is 5.75 Å². The van der Waals surface area contributed by atoms with E-state index in [9.17, 15) is 19.8 Å². The van der Waals surface area contributed by atoms with Crippen molar-refractivity contribution >= 4 is 39.8 Å². The molecule has 1 saturated heterocycles. The van der Waals surface area contributed by atoms with E-state index in [0.29, 0.717) is 30.9 Å². The predicted molar refractivity (Wildman–Crippen MR) is 171 cm³/mol. The first-order valence-electron chi connectivity index (χ1n) is 15.4. The lowest BCUT2D eigenvalue weighted by Gasteiger charge is -2.59. The van der Waals surface area contributed by atoms with Gasteiger partial charge in [-0.25, -0.2) is 0 Å². The van der Waals surface area contributed by atoms with Crippen molar-refractivity contribution in [1.82, 2.24) is 0 Å². The number of halogens is 1. The Kier molecular flexibility index (Phi) is 7.36. The van der Waals surface area contributed by atoms with Gasteiger partial charge in [-0.3, -0.25) is 9.59 Å². The maximum Gasteiger partial charge on any atom is 0.193 e. The molecule has 44 heavy (non-hydrogen) atoms. The minimum absolute atomic E-state index is 0.00402. The number of carbonyl (C=O) groups is 2. The van der Waals surface area contributed by atoms with Crippen LogP contribution in [0.15, 0.2) is 66.3 Å². The largest absolute Gasteiger partial charge is 0.489 e. The van der Waals surface area contributed by atoms with Gasteiger partial charge in [0.2, 0.25) is 0 Å². The van der Waals surface area contributed by atoms with Crippen molar-refractivity contribution < 1.29 is 34.0 Å². The van der Waals surface area contributed by atoms with Gasteiger partial charge >= 0.3 is 0 Å². The van der Waals surface area contributed by atoms with Gasteiger partial charge in [-0.15, -0.1) is 0 Å². The van der Waals surface area contributed by atoms with Gasteiger partial charge in [0, 0.05) is 31.6 Å². The van der Waals surface area contributed by atoms with Crippen molar-refractivity contribution in [3.8, 4) is 5.75 Å². The summed E-state index contributed by atoms with van der Waals surface area (Å²) in [7, 11) is 0. The van der Waals surface area contributed by atoms with Crippen LogP contribution in [0.4, 0.5) is 5.69 Å². The van der Waals surface area contributed by atoms with Crippen LogP contribution >= 0.6 is 22.6 Å². The number of allylic oxidation sites excluding steroid dienone is 4. The van der Waals surface area contributed by atoms with Gasteiger partial charge in [-0.2, -0.15) is 0 Å². The van der Waals surface area contributed by atoms with Gasteiger partial charge < -0.3 is 30.2 Å². The Labute approximate surface area is 270 Å². The standard InChI is InChI=1S/C35H38INO7/c1-33-11-10-22(39)13-20(33)6-8-24-26-15-30-35(29(41)17-38,34(26,2)16-28(40)31(24)33)44-32(43-30)25-14-23(7-9-27(25)36)42-18-19-4-3-5-21(37)12-19/h3-5,7,9-14,24,26,28,30-32,38,40H,6,8,15-18,37H2,1-2H3/t24-,26?,28-,30+,31?,32-,33-,34-,35+/m0/s1. The quantitative estimate of drug-likeness (QED) is 0.281. The van der Waals surface area contributed by atoms with E-state index in [4.69, 9.17) is 19.9 Å². The molecule has 0 spiro atoms. The Balaban J connectivity index is 1.19. The number of nitrogen functional groups attached to an aromatic ring is 1. The summed E-state index contributed by atoms with van der Waals surface area (Å²) in [6.07, 6.45) is 5.71. The summed E-state index contributed by atoms with van der Waals surface area (Å²) < 4.78 is 20.4. The lowest BCUT2D eigenvalue weighted by molar-refractivity contribution is -0.201. The van der Waals surface area contributed by atoms with Crippen LogP contribution < -0.4 is 10.5 Å². The number of hydrogen-bond donors (Lipinski definition) is 3. The molecule has 9 heteroatoms. The van der Waals surface area contributed by atoms with Gasteiger partial charge in [0.25, 0.3) is 0 Å². The molecule has 2 aromatic rings. The summed E-state index contributed by atoms with van der Waals surface area (Å²) in [6, 6.07) is 13.2. The molecule has 0 bridgehead atoms. The lowest BCUT2D eigenvalue weighted by atomic mass is 9.46. The molecule has 0 aromatic heterocycles. The van der Waals surface area contributed by atoms with Crippen LogP contribution in [-0.4, -0.2) is 46.2 Å². The van der Waals surface area contributed by atoms with Crippen molar-refractivity contribution in [2.45, 2.75) is 70.2 Å². The normalized spacial score (nSPS) is 38.8. The predicted octanol–water partition coefficient (Wildman–Crippen LogP) is 5.06. The monoisotopic (exact) mass is 711 g/mol. The number of anilines is 1. The third-order valence-corrected chi connectivity index (χ3v) is 12.4. The van der Waals surface area contributed by atoms with Crippen LogP contribution in [-0.2, 0) is 25.7 Å². The smallest absolute Gasteiger partial charge is 0.193 e. The van der Waals surface area contributed by atoms with Gasteiger partial charge in [-0.05, 0) is 108 Å². The maximum absolute atomic E-state index is 13.9. The SMILES string of the molecule is C[C@]12C=CC(=O)C=C1CC[C@@H]1C2[C@@H](O)C[C@@]2(C)C1C[C@H]1O[C@H](c3cc(OCc4cccc(N)c4)ccc3I)O[C@]12C(=O)CO. The molecule has 4 N–H and O–H groups in total. The fourth-order valence-corrected chi connectivity index (χ4v) is 10.1. The van der Waals surface area contributed by atoms with E-state index in [1.165, 1.54) is 0 Å². The summed E-state index contributed by atoms with van der Waals surface area (Å²) in [5, 5.41) is 22.2. The summed E-state index contributed by atoms with van der Waals surface area (Å²) in [4.78, 5) is 26.0. The van der Waals surface area contributed by atoms with Crippen molar-refractivity contribution in [3.63, 3.8) is 0 Å². The number of Topliss-reactive ketones (excluding diaryl/α,β-unsaturated/α-hetero) is 1. The highest BCUT2D eigenvalue weighted by Gasteiger charge is 2.76. The van der Waals surface area contributed by atoms with Crippen LogP contribution in [0, 0.1) is 32.2 Å². The second kappa shape index (κ2) is 10.8. The average molecular weight is 712 g/mol. The van der Waals surface area contributed by atoms with Crippen molar-refractivity contribution in [2.24, 2.45) is 28.6 Å². The number of nitrogens with two attached hydrogens (primary N) is 1. The van der Waals surface area contributed by atoms with Crippen LogP contribution in [0.1, 0.15) is 56.9 Å². The second-order valence-corrected chi connectivity index (χ2v) is 14.7. The Bertz CT molecular complexity index is 1590. The first kappa shape index (κ1) is 30.1. The number of fused-ring (bicyclic) bond motifs is 7. The second-order valence-electron chi connectivity index (χ2n) is 13.6. The Morgan fingerprint density at radius 3 is 2.80 bits per heavy atom. The first-order chi connectivity index (χ1) is 21.0. The third-order valence-electron chi connectivity index (χ3n) is 11.4. The maximum atomic E-state index is 13.9. The van der Waals surface area contributed by atoms with E-state index in [-0.39, 0.29) is 23.5 Å². The fraction of sp³-hybridized carbons (Fsp3) is 0.486. The molecule has 8 nitrogen and oxygen atoms in total. The van der Waals surface area contributed by atoms with E-state index in [0.717, 1.165) is 33.1 Å². The van der Waals surface area contributed by atoms with Crippen LogP contribution in [0.25, 0.3) is 0 Å². The average Bonchev–Trinajstić information content (AvgIpc) is 3.49. The van der Waals surface area contributed by atoms with E-state index >= 15 is 0 Å². The molecule has 1 heterocycles. The molecule has 0 amide bonds. The van der Waals surface area contributed by atoms with E-state index in [1.54, 1.807) is 12.2 Å². The van der Waals surface area contributed by atoms with E-state index < -0.39 is 47.3 Å². The number of aliphatic hydroxyl groups excluding tert-OH is 2.